The summed E-state index contributed by atoms with van der Waals surface area (Å²) in [6, 6.07) is 8.19. The Balaban J connectivity index is 1.65. The standard InChI is InChI=1S/C19H22N4O3/c1-11-4-2-3-5-14(11)17-15-9-20-7-13(15)10-23(17)16(24)6-12-8-21-19(26)22-18(12)25/h2-5,8,13,15,17,20H,6-7,9-10H2,1H3,(H2,21,22,25,26)/t13-,15-,17+/m0/s1. The van der Waals surface area contributed by atoms with Crippen molar-refractivity contribution < 1.29 is 4.79 Å². The number of H-pyrrole nitrogens is 2. The van der Waals surface area contributed by atoms with Crippen molar-refractivity contribution in [2.75, 3.05) is 19.6 Å². The Labute approximate surface area is 150 Å². The van der Waals surface area contributed by atoms with Crippen molar-refractivity contribution in [3.63, 3.8) is 0 Å². The third-order valence-electron chi connectivity index (χ3n) is 5.63. The average Bonchev–Trinajstić information content (AvgIpc) is 3.19. The number of amides is 1. The van der Waals surface area contributed by atoms with Gasteiger partial charge in [0.1, 0.15) is 0 Å². The van der Waals surface area contributed by atoms with Crippen molar-refractivity contribution in [1.82, 2.24) is 20.2 Å². The molecule has 1 amide bonds. The molecule has 0 unspecified atom stereocenters. The first-order valence-electron chi connectivity index (χ1n) is 8.91. The topological polar surface area (TPSA) is 98.1 Å². The van der Waals surface area contributed by atoms with E-state index in [1.165, 1.54) is 17.3 Å². The van der Waals surface area contributed by atoms with Gasteiger partial charge in [-0.1, -0.05) is 24.3 Å². The zero-order valence-corrected chi connectivity index (χ0v) is 14.6. The van der Waals surface area contributed by atoms with Crippen LogP contribution in [0.1, 0.15) is 22.7 Å². The van der Waals surface area contributed by atoms with Crippen LogP contribution in [-0.4, -0.2) is 40.4 Å². The van der Waals surface area contributed by atoms with Crippen LogP contribution in [0.4, 0.5) is 0 Å². The highest BCUT2D eigenvalue weighted by Crippen LogP contribution is 2.43. The highest BCUT2D eigenvalue weighted by Gasteiger charge is 2.46. The lowest BCUT2D eigenvalue weighted by atomic mass is 9.87. The first kappa shape index (κ1) is 16.8. The minimum atomic E-state index is -0.564. The molecule has 3 N–H and O–H groups in total. The Bertz CT molecular complexity index is 948. The highest BCUT2D eigenvalue weighted by molar-refractivity contribution is 5.79. The Morgan fingerprint density at radius 3 is 2.81 bits per heavy atom. The maximum absolute atomic E-state index is 13.0. The summed E-state index contributed by atoms with van der Waals surface area (Å²) in [6.45, 7) is 4.57. The first-order chi connectivity index (χ1) is 12.5. The molecule has 2 saturated heterocycles. The summed E-state index contributed by atoms with van der Waals surface area (Å²) in [7, 11) is 0. The van der Waals surface area contributed by atoms with Crippen molar-refractivity contribution in [3.05, 3.63) is 68.0 Å². The summed E-state index contributed by atoms with van der Waals surface area (Å²) < 4.78 is 0. The van der Waals surface area contributed by atoms with Crippen LogP contribution in [0.15, 0.2) is 40.1 Å². The van der Waals surface area contributed by atoms with E-state index in [-0.39, 0.29) is 23.9 Å². The molecular formula is C19H22N4O3. The van der Waals surface area contributed by atoms with Gasteiger partial charge in [0, 0.05) is 37.3 Å². The van der Waals surface area contributed by atoms with Crippen LogP contribution in [0, 0.1) is 18.8 Å². The number of benzene rings is 1. The zero-order chi connectivity index (χ0) is 18.3. The van der Waals surface area contributed by atoms with Crippen LogP contribution < -0.4 is 16.6 Å². The molecule has 0 radical (unpaired) electrons. The number of hydrogen-bond acceptors (Lipinski definition) is 4. The fraction of sp³-hybridized carbons (Fsp3) is 0.421. The predicted molar refractivity (Wildman–Crippen MR) is 96.9 cm³/mol. The molecule has 4 rings (SSSR count). The quantitative estimate of drug-likeness (QED) is 0.740. The molecule has 0 bridgehead atoms. The number of carbonyl (C=O) groups is 1. The van der Waals surface area contributed by atoms with Crippen molar-refractivity contribution >= 4 is 5.91 Å². The maximum atomic E-state index is 13.0. The molecule has 1 aromatic heterocycles. The van der Waals surface area contributed by atoms with E-state index in [1.807, 2.05) is 17.0 Å². The Morgan fingerprint density at radius 1 is 1.23 bits per heavy atom. The van der Waals surface area contributed by atoms with Crippen LogP contribution >= 0.6 is 0 Å². The average molecular weight is 354 g/mol. The van der Waals surface area contributed by atoms with E-state index in [0.717, 1.165) is 13.1 Å². The van der Waals surface area contributed by atoms with E-state index >= 15 is 0 Å². The SMILES string of the molecule is Cc1ccccc1[C@@H]1[C@H]2CNC[C@H]2CN1C(=O)Cc1c[nH]c(=O)[nH]c1=O. The number of likely N-dealkylation sites (tertiary alicyclic amines) is 1. The van der Waals surface area contributed by atoms with Gasteiger partial charge in [0.15, 0.2) is 0 Å². The second-order valence-electron chi connectivity index (χ2n) is 7.20. The summed E-state index contributed by atoms with van der Waals surface area (Å²) in [6.07, 6.45) is 1.32. The molecule has 2 aromatic rings. The van der Waals surface area contributed by atoms with Crippen LogP contribution in [0.25, 0.3) is 0 Å². The van der Waals surface area contributed by atoms with E-state index in [0.29, 0.717) is 18.4 Å². The van der Waals surface area contributed by atoms with Crippen molar-refractivity contribution in [2.45, 2.75) is 19.4 Å². The monoisotopic (exact) mass is 354 g/mol. The van der Waals surface area contributed by atoms with Gasteiger partial charge in [0.05, 0.1) is 12.5 Å². The van der Waals surface area contributed by atoms with Gasteiger partial charge in [-0.25, -0.2) is 4.79 Å². The minimum Gasteiger partial charge on any atom is -0.335 e. The number of fused-ring (bicyclic) bond motifs is 1. The molecule has 2 aliphatic heterocycles. The summed E-state index contributed by atoms with van der Waals surface area (Å²) in [5, 5.41) is 3.44. The largest absolute Gasteiger partial charge is 0.335 e. The second kappa shape index (κ2) is 6.57. The first-order valence-corrected chi connectivity index (χ1v) is 8.91. The molecule has 136 valence electrons. The summed E-state index contributed by atoms with van der Waals surface area (Å²) in [5.74, 6) is 0.733. The molecule has 0 spiro atoms. The fourth-order valence-electron chi connectivity index (χ4n) is 4.33. The lowest BCUT2D eigenvalue weighted by Crippen LogP contribution is -2.37. The number of aromatic amines is 2. The molecule has 2 aliphatic rings. The van der Waals surface area contributed by atoms with E-state index < -0.39 is 11.2 Å². The summed E-state index contributed by atoms with van der Waals surface area (Å²) in [5.41, 5.74) is 1.56. The molecule has 0 aliphatic carbocycles. The van der Waals surface area contributed by atoms with Gasteiger partial charge in [-0.05, 0) is 24.0 Å². The summed E-state index contributed by atoms with van der Waals surface area (Å²) >= 11 is 0. The number of aromatic nitrogens is 2. The molecule has 1 aromatic carbocycles. The summed E-state index contributed by atoms with van der Waals surface area (Å²) in [4.78, 5) is 42.7. The molecule has 0 saturated carbocycles. The van der Waals surface area contributed by atoms with Crippen LogP contribution in [0.2, 0.25) is 0 Å². The van der Waals surface area contributed by atoms with E-state index in [1.54, 1.807) is 0 Å². The number of carbonyl (C=O) groups excluding carboxylic acids is 1. The van der Waals surface area contributed by atoms with Gasteiger partial charge in [0.2, 0.25) is 5.91 Å². The van der Waals surface area contributed by atoms with Crippen molar-refractivity contribution in [1.29, 1.82) is 0 Å². The van der Waals surface area contributed by atoms with Gasteiger partial charge in [0.25, 0.3) is 5.56 Å². The van der Waals surface area contributed by atoms with Crippen LogP contribution in [0.5, 0.6) is 0 Å². The molecule has 7 heteroatoms. The maximum Gasteiger partial charge on any atom is 0.325 e. The molecule has 3 atom stereocenters. The smallest absolute Gasteiger partial charge is 0.325 e. The van der Waals surface area contributed by atoms with E-state index in [2.05, 4.69) is 34.3 Å². The normalized spacial score (nSPS) is 24.7. The van der Waals surface area contributed by atoms with Gasteiger partial charge in [-0.3, -0.25) is 14.6 Å². The van der Waals surface area contributed by atoms with E-state index in [9.17, 15) is 14.4 Å². The van der Waals surface area contributed by atoms with Crippen LogP contribution in [-0.2, 0) is 11.2 Å². The lowest BCUT2D eigenvalue weighted by Gasteiger charge is -2.29. The second-order valence-corrected chi connectivity index (χ2v) is 7.20. The zero-order valence-electron chi connectivity index (χ0n) is 14.6. The molecule has 3 heterocycles. The van der Waals surface area contributed by atoms with Gasteiger partial charge >= 0.3 is 5.69 Å². The number of rotatable bonds is 3. The van der Waals surface area contributed by atoms with Crippen molar-refractivity contribution in [2.24, 2.45) is 11.8 Å². The minimum absolute atomic E-state index is 0.0125. The number of nitrogens with one attached hydrogen (secondary N) is 3. The van der Waals surface area contributed by atoms with Crippen LogP contribution in [0.3, 0.4) is 0 Å². The number of aryl methyl sites for hydroxylation is 1. The van der Waals surface area contributed by atoms with Gasteiger partial charge in [-0.2, -0.15) is 0 Å². The Kier molecular flexibility index (Phi) is 4.24. The predicted octanol–water partition coefficient (Wildman–Crippen LogP) is 0.333. The molecule has 7 nitrogen and oxygen atoms in total. The molecule has 26 heavy (non-hydrogen) atoms. The molecular weight excluding hydrogens is 332 g/mol. The van der Waals surface area contributed by atoms with E-state index in [4.69, 9.17) is 0 Å². The Morgan fingerprint density at radius 2 is 2.04 bits per heavy atom. The molecule has 2 fully saturated rings. The highest BCUT2D eigenvalue weighted by atomic mass is 16.2. The van der Waals surface area contributed by atoms with Gasteiger partial charge < -0.3 is 15.2 Å². The van der Waals surface area contributed by atoms with Gasteiger partial charge in [-0.15, -0.1) is 0 Å². The number of hydrogen-bond donors (Lipinski definition) is 3. The number of nitrogens with zero attached hydrogens (tertiary/aromatic N) is 1. The Hall–Kier alpha value is -2.67. The third-order valence-corrected chi connectivity index (χ3v) is 5.63. The lowest BCUT2D eigenvalue weighted by molar-refractivity contribution is -0.132. The fourth-order valence-corrected chi connectivity index (χ4v) is 4.33. The third kappa shape index (κ3) is 2.88. The van der Waals surface area contributed by atoms with Crippen molar-refractivity contribution in [3.8, 4) is 0 Å².